The minimum atomic E-state index is -0.722. The van der Waals surface area contributed by atoms with Gasteiger partial charge in [0.15, 0.2) is 0 Å². The molecule has 1 fully saturated rings. The first-order valence-electron chi connectivity index (χ1n) is 8.73. The highest BCUT2D eigenvalue weighted by molar-refractivity contribution is 5.90. The molecule has 8 heteroatoms. The Morgan fingerprint density at radius 2 is 2.08 bits per heavy atom. The predicted molar refractivity (Wildman–Crippen MR) is 96.9 cm³/mol. The number of hydrogen-bond donors (Lipinski definition) is 1. The Morgan fingerprint density at radius 1 is 1.38 bits per heavy atom. The van der Waals surface area contributed by atoms with Crippen LogP contribution in [0.15, 0.2) is 24.3 Å². The molecule has 0 radical (unpaired) electrons. The van der Waals surface area contributed by atoms with Crippen LogP contribution >= 0.6 is 0 Å². The van der Waals surface area contributed by atoms with Crippen LogP contribution in [0, 0.1) is 16.0 Å². The van der Waals surface area contributed by atoms with Gasteiger partial charge in [-0.15, -0.1) is 0 Å². The zero-order chi connectivity index (χ0) is 19.3. The van der Waals surface area contributed by atoms with Crippen LogP contribution in [0.25, 0.3) is 0 Å². The number of amides is 1. The van der Waals surface area contributed by atoms with Crippen molar-refractivity contribution in [3.63, 3.8) is 0 Å². The summed E-state index contributed by atoms with van der Waals surface area (Å²) < 4.78 is 4.78. The van der Waals surface area contributed by atoms with Gasteiger partial charge in [-0.3, -0.25) is 14.9 Å². The molecule has 1 N–H and O–H groups in total. The summed E-state index contributed by atoms with van der Waals surface area (Å²) in [4.78, 5) is 37.3. The number of nitro benzene ring substituents is 1. The summed E-state index contributed by atoms with van der Waals surface area (Å²) in [5, 5.41) is 14.1. The molecule has 0 unspecified atom stereocenters. The number of carbonyl (C=O) groups excluding carboxylic acids is 2. The van der Waals surface area contributed by atoms with Gasteiger partial charge in [0.25, 0.3) is 5.69 Å². The van der Waals surface area contributed by atoms with Crippen molar-refractivity contribution in [2.24, 2.45) is 5.92 Å². The third-order valence-electron chi connectivity index (χ3n) is 4.45. The Balaban J connectivity index is 2.20. The first-order valence-corrected chi connectivity index (χ1v) is 8.73. The van der Waals surface area contributed by atoms with Crippen molar-refractivity contribution in [2.45, 2.75) is 45.2 Å². The standard InChI is InChI=1S/C18H25N3O5/c1-12(2)11-13(18(23)26-3)19-17(22)16-9-6-10-20(16)14-7-4-5-8-15(14)21(24)25/h4-5,7-8,12-13,16H,6,9-11H2,1-3H3,(H,19,22)/t13-,16-/m0/s1. The van der Waals surface area contributed by atoms with Gasteiger partial charge in [-0.05, 0) is 31.2 Å². The Labute approximate surface area is 152 Å². The zero-order valence-electron chi connectivity index (χ0n) is 15.3. The molecule has 1 aromatic rings. The van der Waals surface area contributed by atoms with Gasteiger partial charge in [0.1, 0.15) is 17.8 Å². The minimum absolute atomic E-state index is 0.0288. The first kappa shape index (κ1) is 19.7. The molecule has 142 valence electrons. The molecule has 0 saturated carbocycles. The van der Waals surface area contributed by atoms with E-state index in [2.05, 4.69) is 5.32 Å². The summed E-state index contributed by atoms with van der Waals surface area (Å²) >= 11 is 0. The van der Waals surface area contributed by atoms with E-state index in [4.69, 9.17) is 4.74 Å². The van der Waals surface area contributed by atoms with E-state index in [9.17, 15) is 19.7 Å². The highest BCUT2D eigenvalue weighted by atomic mass is 16.6. The average Bonchev–Trinajstić information content (AvgIpc) is 3.09. The van der Waals surface area contributed by atoms with Gasteiger partial charge >= 0.3 is 5.97 Å². The number of ether oxygens (including phenoxy) is 1. The fourth-order valence-electron chi connectivity index (χ4n) is 3.28. The lowest BCUT2D eigenvalue weighted by atomic mass is 10.0. The maximum absolute atomic E-state index is 12.8. The van der Waals surface area contributed by atoms with E-state index in [0.717, 1.165) is 6.42 Å². The average molecular weight is 363 g/mol. The van der Waals surface area contributed by atoms with E-state index in [1.54, 1.807) is 23.1 Å². The van der Waals surface area contributed by atoms with Crippen molar-refractivity contribution in [3.8, 4) is 0 Å². The maximum Gasteiger partial charge on any atom is 0.328 e. The molecule has 1 saturated heterocycles. The monoisotopic (exact) mass is 363 g/mol. The molecule has 0 aromatic heterocycles. The van der Waals surface area contributed by atoms with Crippen molar-refractivity contribution in [2.75, 3.05) is 18.6 Å². The van der Waals surface area contributed by atoms with Gasteiger partial charge in [-0.25, -0.2) is 4.79 Å². The highest BCUT2D eigenvalue weighted by Gasteiger charge is 2.36. The number of para-hydroxylation sites is 2. The molecule has 26 heavy (non-hydrogen) atoms. The molecule has 1 amide bonds. The summed E-state index contributed by atoms with van der Waals surface area (Å²) in [5.74, 6) is -0.590. The molecular formula is C18H25N3O5. The Hall–Kier alpha value is -2.64. The number of benzene rings is 1. The summed E-state index contributed by atoms with van der Waals surface area (Å²) in [6.45, 7) is 4.46. The van der Waals surface area contributed by atoms with Gasteiger partial charge in [-0.2, -0.15) is 0 Å². The normalized spacial score (nSPS) is 17.8. The molecule has 0 bridgehead atoms. The number of nitrogens with one attached hydrogen (secondary N) is 1. The fraction of sp³-hybridized carbons (Fsp3) is 0.556. The molecule has 1 heterocycles. The summed E-state index contributed by atoms with van der Waals surface area (Å²) in [6, 6.07) is 5.12. The van der Waals surface area contributed by atoms with E-state index < -0.39 is 23.0 Å². The van der Waals surface area contributed by atoms with Gasteiger partial charge in [0.05, 0.1) is 12.0 Å². The van der Waals surface area contributed by atoms with Crippen molar-refractivity contribution in [3.05, 3.63) is 34.4 Å². The zero-order valence-corrected chi connectivity index (χ0v) is 15.3. The van der Waals surface area contributed by atoms with Gasteiger partial charge in [0, 0.05) is 12.6 Å². The van der Waals surface area contributed by atoms with Crippen LogP contribution in [0.4, 0.5) is 11.4 Å². The fourth-order valence-corrected chi connectivity index (χ4v) is 3.28. The van der Waals surface area contributed by atoms with Gasteiger partial charge < -0.3 is 15.0 Å². The number of anilines is 1. The summed E-state index contributed by atoms with van der Waals surface area (Å²) in [7, 11) is 1.29. The second-order valence-electron chi connectivity index (χ2n) is 6.81. The molecule has 0 spiro atoms. The van der Waals surface area contributed by atoms with Crippen LogP contribution in [0.2, 0.25) is 0 Å². The first-order chi connectivity index (χ1) is 12.3. The van der Waals surface area contributed by atoms with Crippen molar-refractivity contribution in [1.82, 2.24) is 5.32 Å². The molecule has 2 rings (SSSR count). The highest BCUT2D eigenvalue weighted by Crippen LogP contribution is 2.33. The van der Waals surface area contributed by atoms with E-state index in [1.807, 2.05) is 13.8 Å². The SMILES string of the molecule is COC(=O)[C@H](CC(C)C)NC(=O)[C@@H]1CCCN1c1ccccc1[N+](=O)[O-]. The number of carbonyl (C=O) groups is 2. The smallest absolute Gasteiger partial charge is 0.328 e. The number of nitrogens with zero attached hydrogens (tertiary/aromatic N) is 2. The summed E-state index contributed by atoms with van der Waals surface area (Å²) in [6.07, 6.45) is 1.79. The van der Waals surface area contributed by atoms with Gasteiger partial charge in [0.2, 0.25) is 5.91 Å². The van der Waals surface area contributed by atoms with Gasteiger partial charge in [-0.1, -0.05) is 26.0 Å². The Bertz CT molecular complexity index is 677. The van der Waals surface area contributed by atoms with Crippen LogP contribution in [0.1, 0.15) is 33.1 Å². The van der Waals surface area contributed by atoms with E-state index in [1.165, 1.54) is 13.2 Å². The quantitative estimate of drug-likeness (QED) is 0.453. The second kappa shape index (κ2) is 8.64. The van der Waals surface area contributed by atoms with Crippen LogP contribution in [0.5, 0.6) is 0 Å². The topological polar surface area (TPSA) is 102 Å². The van der Waals surface area contributed by atoms with E-state index in [-0.39, 0.29) is 17.5 Å². The molecule has 1 aliphatic heterocycles. The Morgan fingerprint density at radius 3 is 2.69 bits per heavy atom. The largest absolute Gasteiger partial charge is 0.467 e. The maximum atomic E-state index is 12.8. The predicted octanol–water partition coefficient (Wildman–Crippen LogP) is 2.27. The molecular weight excluding hydrogens is 338 g/mol. The summed E-state index contributed by atoms with van der Waals surface area (Å²) in [5.41, 5.74) is 0.396. The molecule has 8 nitrogen and oxygen atoms in total. The number of hydrogen-bond acceptors (Lipinski definition) is 6. The number of esters is 1. The van der Waals surface area contributed by atoms with Crippen molar-refractivity contribution in [1.29, 1.82) is 0 Å². The van der Waals surface area contributed by atoms with Crippen LogP contribution in [0.3, 0.4) is 0 Å². The number of rotatable bonds is 7. The number of nitro groups is 1. The minimum Gasteiger partial charge on any atom is -0.467 e. The molecule has 1 aliphatic rings. The molecule has 0 aliphatic carbocycles. The lowest BCUT2D eigenvalue weighted by Crippen LogP contribution is -2.50. The third-order valence-corrected chi connectivity index (χ3v) is 4.45. The molecule has 1 aromatic carbocycles. The van der Waals surface area contributed by atoms with Crippen molar-refractivity contribution >= 4 is 23.3 Å². The lowest BCUT2D eigenvalue weighted by molar-refractivity contribution is -0.384. The van der Waals surface area contributed by atoms with Crippen LogP contribution < -0.4 is 10.2 Å². The second-order valence-corrected chi connectivity index (χ2v) is 6.81. The van der Waals surface area contributed by atoms with Crippen LogP contribution in [-0.2, 0) is 14.3 Å². The van der Waals surface area contributed by atoms with Crippen LogP contribution in [-0.4, -0.2) is 42.5 Å². The van der Waals surface area contributed by atoms with Crippen molar-refractivity contribution < 1.29 is 19.2 Å². The van der Waals surface area contributed by atoms with E-state index in [0.29, 0.717) is 25.1 Å². The lowest BCUT2D eigenvalue weighted by Gasteiger charge is -2.27. The third kappa shape index (κ3) is 4.50. The Kier molecular flexibility index (Phi) is 6.54. The van der Waals surface area contributed by atoms with E-state index >= 15 is 0 Å². The number of methoxy groups -OCH3 is 1. The molecule has 2 atom stereocenters.